The van der Waals surface area contributed by atoms with E-state index in [-0.39, 0.29) is 6.61 Å². The van der Waals surface area contributed by atoms with Crippen LogP contribution in [0.1, 0.15) is 22.9 Å². The summed E-state index contributed by atoms with van der Waals surface area (Å²) in [5.74, 6) is 5.58. The van der Waals surface area contributed by atoms with Crippen LogP contribution in [0.2, 0.25) is 0 Å². The molecule has 0 aliphatic heterocycles. The van der Waals surface area contributed by atoms with Crippen molar-refractivity contribution < 1.29 is 5.11 Å². The van der Waals surface area contributed by atoms with Crippen LogP contribution in [-0.2, 0) is 13.0 Å². The van der Waals surface area contributed by atoms with Gasteiger partial charge in [-0.05, 0) is 49.5 Å². The molecule has 2 nitrogen and oxygen atoms in total. The molecule has 0 saturated heterocycles. The Morgan fingerprint density at radius 1 is 1.24 bits per heavy atom. The second kappa shape index (κ2) is 7.99. The molecular weight excluding hydrogens is 278 g/mol. The highest BCUT2D eigenvalue weighted by Gasteiger charge is 2.11. The van der Waals surface area contributed by atoms with Gasteiger partial charge in [0.2, 0.25) is 0 Å². The highest BCUT2D eigenvalue weighted by atomic mass is 32.1. The molecule has 0 aliphatic rings. The third kappa shape index (κ3) is 5.02. The van der Waals surface area contributed by atoms with Gasteiger partial charge in [0.05, 0.1) is 0 Å². The number of rotatable bonds is 5. The molecule has 2 aromatic rings. The Labute approximate surface area is 131 Å². The van der Waals surface area contributed by atoms with E-state index < -0.39 is 0 Å². The number of likely N-dealkylation sites (N-methyl/N-ethyl adjacent to an activating group) is 1. The van der Waals surface area contributed by atoms with Crippen LogP contribution in [0.3, 0.4) is 0 Å². The zero-order valence-corrected chi connectivity index (χ0v) is 13.4. The standard InChI is InChI=1S/C18H21NOS/c1-15(13-18-6-4-12-21-18)19(2)14-17-9-7-16(8-10-17)5-3-11-20/h4,6-10,12,15,20H,11,13-14H2,1-2H3. The van der Waals surface area contributed by atoms with E-state index in [9.17, 15) is 0 Å². The second-order valence-corrected chi connectivity index (χ2v) is 6.24. The first kappa shape index (κ1) is 15.8. The van der Waals surface area contributed by atoms with Crippen molar-refractivity contribution in [2.75, 3.05) is 13.7 Å². The summed E-state index contributed by atoms with van der Waals surface area (Å²) in [6, 6.07) is 13.1. The van der Waals surface area contributed by atoms with Gasteiger partial charge in [0.15, 0.2) is 0 Å². The quantitative estimate of drug-likeness (QED) is 0.857. The molecule has 0 spiro atoms. The highest BCUT2D eigenvalue weighted by molar-refractivity contribution is 7.09. The van der Waals surface area contributed by atoms with Crippen molar-refractivity contribution in [3.05, 3.63) is 57.8 Å². The van der Waals surface area contributed by atoms with Crippen LogP contribution >= 0.6 is 11.3 Å². The summed E-state index contributed by atoms with van der Waals surface area (Å²) < 4.78 is 0. The van der Waals surface area contributed by atoms with Gasteiger partial charge >= 0.3 is 0 Å². The third-order valence-electron chi connectivity index (χ3n) is 3.53. The maximum Gasteiger partial charge on any atom is 0.104 e. The predicted octanol–water partition coefficient (Wildman–Crippen LogP) is 3.15. The minimum absolute atomic E-state index is 0.0925. The molecule has 1 atom stereocenters. The number of hydrogen-bond acceptors (Lipinski definition) is 3. The molecule has 2 rings (SSSR count). The van der Waals surface area contributed by atoms with Crippen molar-refractivity contribution in [2.45, 2.75) is 25.9 Å². The molecule has 1 N–H and O–H groups in total. The van der Waals surface area contributed by atoms with Gasteiger partial charge in [-0.3, -0.25) is 4.90 Å². The molecule has 110 valence electrons. The minimum Gasteiger partial charge on any atom is -0.384 e. The Bertz CT molecular complexity index is 592. The normalized spacial score (nSPS) is 12.0. The second-order valence-electron chi connectivity index (χ2n) is 5.20. The Hall–Kier alpha value is -1.60. The lowest BCUT2D eigenvalue weighted by Crippen LogP contribution is -2.30. The average molecular weight is 299 g/mol. The van der Waals surface area contributed by atoms with Crippen molar-refractivity contribution in [1.29, 1.82) is 0 Å². The van der Waals surface area contributed by atoms with E-state index in [0.717, 1.165) is 18.5 Å². The zero-order chi connectivity index (χ0) is 15.1. The van der Waals surface area contributed by atoms with Crippen molar-refractivity contribution >= 4 is 11.3 Å². The summed E-state index contributed by atoms with van der Waals surface area (Å²) in [5, 5.41) is 10.8. The molecule has 3 heteroatoms. The monoisotopic (exact) mass is 299 g/mol. The molecule has 1 aromatic heterocycles. The molecule has 1 aromatic carbocycles. The number of aliphatic hydroxyl groups excluding tert-OH is 1. The first-order chi connectivity index (χ1) is 10.2. The van der Waals surface area contributed by atoms with E-state index in [4.69, 9.17) is 5.11 Å². The van der Waals surface area contributed by atoms with E-state index in [1.807, 2.05) is 23.5 Å². The lowest BCUT2D eigenvalue weighted by atomic mass is 10.1. The maximum atomic E-state index is 8.69. The van der Waals surface area contributed by atoms with Gasteiger partial charge in [-0.15, -0.1) is 11.3 Å². The Kier molecular flexibility index (Phi) is 6.01. The SMILES string of the molecule is CC(Cc1cccs1)N(C)Cc1ccc(C#CCO)cc1. The van der Waals surface area contributed by atoms with Gasteiger partial charge in [0.25, 0.3) is 0 Å². The summed E-state index contributed by atoms with van der Waals surface area (Å²) in [7, 11) is 2.16. The topological polar surface area (TPSA) is 23.5 Å². The molecule has 0 bridgehead atoms. The number of nitrogens with zero attached hydrogens (tertiary/aromatic N) is 1. The predicted molar refractivity (Wildman–Crippen MR) is 89.4 cm³/mol. The molecule has 0 fully saturated rings. The summed E-state index contributed by atoms with van der Waals surface area (Å²) in [5.41, 5.74) is 2.23. The van der Waals surface area contributed by atoms with Crippen LogP contribution in [0.15, 0.2) is 41.8 Å². The van der Waals surface area contributed by atoms with E-state index >= 15 is 0 Å². The molecule has 0 aliphatic carbocycles. The van der Waals surface area contributed by atoms with Crippen LogP contribution in [0.25, 0.3) is 0 Å². The third-order valence-corrected chi connectivity index (χ3v) is 4.43. The van der Waals surface area contributed by atoms with Crippen LogP contribution in [0.4, 0.5) is 0 Å². The minimum atomic E-state index is -0.0925. The average Bonchev–Trinajstić information content (AvgIpc) is 2.99. The van der Waals surface area contributed by atoms with E-state index in [2.05, 4.69) is 60.4 Å². The molecule has 1 heterocycles. The zero-order valence-electron chi connectivity index (χ0n) is 12.5. The van der Waals surface area contributed by atoms with Crippen LogP contribution in [-0.4, -0.2) is 29.7 Å². The van der Waals surface area contributed by atoms with Crippen molar-refractivity contribution in [3.63, 3.8) is 0 Å². The van der Waals surface area contributed by atoms with Crippen molar-refractivity contribution in [1.82, 2.24) is 4.90 Å². The highest BCUT2D eigenvalue weighted by Crippen LogP contribution is 2.15. The molecular formula is C18H21NOS. The lowest BCUT2D eigenvalue weighted by molar-refractivity contribution is 0.249. The van der Waals surface area contributed by atoms with Crippen LogP contribution < -0.4 is 0 Å². The molecule has 21 heavy (non-hydrogen) atoms. The molecule has 0 radical (unpaired) electrons. The summed E-state index contributed by atoms with van der Waals surface area (Å²) >= 11 is 1.82. The van der Waals surface area contributed by atoms with Crippen molar-refractivity contribution in [2.24, 2.45) is 0 Å². The van der Waals surface area contributed by atoms with Gasteiger partial charge in [0.1, 0.15) is 6.61 Å². The fraction of sp³-hybridized carbons (Fsp3) is 0.333. The van der Waals surface area contributed by atoms with Crippen LogP contribution in [0, 0.1) is 11.8 Å². The molecule has 1 unspecified atom stereocenters. The smallest absolute Gasteiger partial charge is 0.104 e. The van der Waals surface area contributed by atoms with Crippen LogP contribution in [0.5, 0.6) is 0 Å². The van der Waals surface area contributed by atoms with Gasteiger partial charge in [-0.25, -0.2) is 0 Å². The lowest BCUT2D eigenvalue weighted by Gasteiger charge is -2.24. The molecule has 0 amide bonds. The Morgan fingerprint density at radius 2 is 2.00 bits per heavy atom. The summed E-state index contributed by atoms with van der Waals surface area (Å²) in [4.78, 5) is 3.80. The Balaban J connectivity index is 1.91. The van der Waals surface area contributed by atoms with E-state index in [0.29, 0.717) is 6.04 Å². The summed E-state index contributed by atoms with van der Waals surface area (Å²) in [6.45, 7) is 3.10. The number of benzene rings is 1. The number of thiophene rings is 1. The fourth-order valence-corrected chi connectivity index (χ4v) is 2.98. The first-order valence-corrected chi connectivity index (χ1v) is 7.98. The van der Waals surface area contributed by atoms with Gasteiger partial charge in [-0.1, -0.05) is 30.0 Å². The number of aliphatic hydroxyl groups is 1. The van der Waals surface area contributed by atoms with Gasteiger partial charge in [-0.2, -0.15) is 0 Å². The van der Waals surface area contributed by atoms with Crippen molar-refractivity contribution in [3.8, 4) is 11.8 Å². The van der Waals surface area contributed by atoms with Gasteiger partial charge in [0, 0.05) is 23.0 Å². The molecule has 0 saturated carbocycles. The Morgan fingerprint density at radius 3 is 2.62 bits per heavy atom. The largest absolute Gasteiger partial charge is 0.384 e. The summed E-state index contributed by atoms with van der Waals surface area (Å²) in [6.07, 6.45) is 1.09. The van der Waals surface area contributed by atoms with E-state index in [1.165, 1.54) is 10.4 Å². The van der Waals surface area contributed by atoms with E-state index in [1.54, 1.807) is 0 Å². The number of hydrogen-bond donors (Lipinski definition) is 1. The maximum absolute atomic E-state index is 8.69. The first-order valence-electron chi connectivity index (χ1n) is 7.10. The van der Waals surface area contributed by atoms with Gasteiger partial charge < -0.3 is 5.11 Å². The fourth-order valence-electron chi connectivity index (χ4n) is 2.15.